The second-order valence-corrected chi connectivity index (χ2v) is 38.9. The molecule has 4 aliphatic heterocycles. The Bertz CT molecular complexity index is 4880. The molecule has 3 aromatic carbocycles. The van der Waals surface area contributed by atoms with Crippen LogP contribution in [0.3, 0.4) is 0 Å². The Kier molecular flexibility index (Phi) is 59.2. The number of benzene rings is 3. The number of nitrogens with one attached hydrogen (secondary N) is 4. The normalized spacial score (nSPS) is 16.4. The van der Waals surface area contributed by atoms with Crippen molar-refractivity contribution in [2.45, 2.75) is 90.5 Å². The van der Waals surface area contributed by atoms with Crippen molar-refractivity contribution >= 4 is 73.4 Å². The quantitative estimate of drug-likeness (QED) is 0.0181. The fraction of sp³-hybridized carbons (Fsp3) is 0.680. The van der Waals surface area contributed by atoms with Gasteiger partial charge in [-0.25, -0.2) is 27.9 Å². The Balaban J connectivity index is 0.486. The third kappa shape index (κ3) is 46.1. The Labute approximate surface area is 881 Å². The molecule has 6 aromatic rings. The van der Waals surface area contributed by atoms with Gasteiger partial charge in [0.25, 0.3) is 0 Å². The van der Waals surface area contributed by atoms with E-state index in [1.54, 1.807) is 43.1 Å². The molecule has 5 atom stereocenters. The average molecular weight is 2170 g/mol. The number of piperazine rings is 1. The smallest absolute Gasteiger partial charge is 0.335 e. The van der Waals surface area contributed by atoms with Crippen molar-refractivity contribution in [3.05, 3.63) is 119 Å². The number of rotatable bonds is 85. The van der Waals surface area contributed by atoms with Crippen LogP contribution < -0.4 is 20.3 Å². The lowest BCUT2D eigenvalue weighted by atomic mass is 9.85. The predicted octanol–water partition coefficient (Wildman–Crippen LogP) is 6.44. The van der Waals surface area contributed by atoms with E-state index in [1.165, 1.54) is 11.1 Å². The first-order chi connectivity index (χ1) is 73.0. The van der Waals surface area contributed by atoms with Gasteiger partial charge in [-0.1, -0.05) is 57.2 Å². The fourth-order valence-corrected chi connectivity index (χ4v) is 18.1. The molecule has 10 rings (SSSR count). The number of H-pyrrole nitrogens is 1. The number of pyridine rings is 1. The standard InChI is InChI=1S/C103H156F3N11O31S2/c1-78-97(149-77-110-78)82-9-7-80(8-10-82)69-109-100(120)92-68-87(75-117(92)101(121)98(103(3,4)5)111-93(118)76-113-73-86(74-113)115-21-19-114(20-22-115)85-13-11-81(12-14-85)83-67-88-89(71-108-99(88)107-70-83)96(119)94-90(105)15-16-91(95(94)106)112-150(123,124)116-18-17-84(104)72-116)148-102(122)79(2)147-66-65-146-64-63-145-62-61-144-60-59-143-58-57-142-56-55-141-54-53-140-52-51-139-50-49-138-48-47-137-46-45-136-44-43-135-42-41-134-40-39-133-38-37-132-36-35-131-34-33-130-32-31-129-30-29-128-28-27-127-26-25-126-24-23-125-6/h7-16,67,70-71,77,79,84,86-87,92,98,112H,17-66,68-69,72-76H2,1-6H3,(H,107,108)(H,109,120)(H,111,118)/t79?,84-,87-,92+,98-/m1/s1. The number of carbonyl (C=O) groups excluding carboxylic acids is 5. The number of likely N-dealkylation sites (tertiary alicyclic amines) is 2. The Hall–Kier alpha value is -8.17. The maximum atomic E-state index is 16.0. The summed E-state index contributed by atoms with van der Waals surface area (Å²) in [5.41, 5.74) is 4.66. The summed E-state index contributed by atoms with van der Waals surface area (Å²) in [5.74, 6) is -5.62. The SMILES string of the molecule is COCCOCCOCCOCCOCCOCCOCCOCCOCCOCCOCCOCCOCCOCCOCCOCCOCCOCCOCCOCCOCCOCCOC(C)C(=O)O[C@@H]1C[C@@H](C(=O)NCc2ccc(-c3scnc3C)cc2)N(C(=O)[C@@H](NC(=O)CN2CC(N3CCN(c4ccc(-c5cnc6[nH]cc(C(=O)c7c(F)ccc(NS(=O)(=O)N8CC[C@@H](F)C8)c7F)c6c5)cc4)CC3)C2)C(C)(C)C)C1. The highest BCUT2D eigenvalue weighted by atomic mass is 32.2. The van der Waals surface area contributed by atoms with E-state index >= 15 is 13.6 Å². The molecular weight excluding hydrogens is 2010 g/mol. The average Bonchev–Trinajstić information content (AvgIpc) is 1.60. The zero-order valence-electron chi connectivity index (χ0n) is 87.6. The number of amides is 3. The van der Waals surface area contributed by atoms with Gasteiger partial charge in [0.1, 0.15) is 35.8 Å². The van der Waals surface area contributed by atoms with Crippen LogP contribution in [0.15, 0.2) is 84.6 Å². The number of ketones is 1. The minimum Gasteiger partial charge on any atom is -0.458 e. The molecule has 7 heterocycles. The van der Waals surface area contributed by atoms with Crippen molar-refractivity contribution in [1.82, 2.24) is 44.6 Å². The molecule has 0 saturated carbocycles. The number of nitrogens with zero attached hydrogens (tertiary/aromatic N) is 7. The molecule has 4 saturated heterocycles. The summed E-state index contributed by atoms with van der Waals surface area (Å²) in [7, 11) is -2.77. The van der Waals surface area contributed by atoms with Crippen molar-refractivity contribution in [1.29, 1.82) is 0 Å². The molecule has 0 radical (unpaired) electrons. The number of anilines is 2. The van der Waals surface area contributed by atoms with E-state index < -0.39 is 99.1 Å². The van der Waals surface area contributed by atoms with E-state index in [0.717, 1.165) is 75.6 Å². The second kappa shape index (κ2) is 71.8. The molecule has 150 heavy (non-hydrogen) atoms. The van der Waals surface area contributed by atoms with E-state index in [4.69, 9.17) is 114 Å². The van der Waals surface area contributed by atoms with E-state index in [2.05, 4.69) is 35.4 Å². The predicted molar refractivity (Wildman–Crippen MR) is 549 cm³/mol. The lowest BCUT2D eigenvalue weighted by Crippen LogP contribution is -2.65. The zero-order valence-corrected chi connectivity index (χ0v) is 89.2. The minimum absolute atomic E-state index is 0.00248. The molecule has 1 unspecified atom stereocenters. The van der Waals surface area contributed by atoms with Crippen LogP contribution in [0.2, 0.25) is 0 Å². The summed E-state index contributed by atoms with van der Waals surface area (Å²) in [5, 5.41) is 6.33. The molecule has 4 aliphatic rings. The number of aryl methyl sites for hydroxylation is 1. The van der Waals surface area contributed by atoms with E-state index in [1.807, 2.05) is 85.8 Å². The number of esters is 1. The molecule has 0 spiro atoms. The highest BCUT2D eigenvalue weighted by molar-refractivity contribution is 7.90. The number of alkyl halides is 1. The zero-order chi connectivity index (χ0) is 106. The largest absolute Gasteiger partial charge is 0.458 e. The highest BCUT2D eigenvalue weighted by Gasteiger charge is 2.47. The first-order valence-electron chi connectivity index (χ1n) is 51.6. The summed E-state index contributed by atoms with van der Waals surface area (Å²) < 4.78 is 207. The van der Waals surface area contributed by atoms with Crippen LogP contribution in [0.1, 0.15) is 67.7 Å². The minimum atomic E-state index is -4.41. The van der Waals surface area contributed by atoms with Crippen molar-refractivity contribution in [3.8, 4) is 21.6 Å². The molecule has 42 nitrogen and oxygen atoms in total. The Morgan fingerprint density at radius 3 is 1.37 bits per heavy atom. The van der Waals surface area contributed by atoms with Gasteiger partial charge >= 0.3 is 16.2 Å². The van der Waals surface area contributed by atoms with Crippen molar-refractivity contribution in [2.75, 3.05) is 373 Å². The lowest BCUT2D eigenvalue weighted by Gasteiger charge is -2.48. The van der Waals surface area contributed by atoms with Crippen LogP contribution in [0.4, 0.5) is 24.5 Å². The number of aromatic amines is 1. The molecule has 4 N–H and O–H groups in total. The lowest BCUT2D eigenvalue weighted by molar-refractivity contribution is -0.162. The summed E-state index contributed by atoms with van der Waals surface area (Å²) in [4.78, 5) is 92.0. The van der Waals surface area contributed by atoms with Gasteiger partial charge in [-0.2, -0.15) is 12.7 Å². The number of hydrogen-bond acceptors (Lipinski definition) is 37. The third-order valence-corrected chi connectivity index (χ3v) is 26.7. The first kappa shape index (κ1) is 124. The monoisotopic (exact) mass is 2160 g/mol. The molecule has 3 aromatic heterocycles. The number of ether oxygens (including phenoxy) is 24. The van der Waals surface area contributed by atoms with Gasteiger partial charge in [0, 0.05) is 113 Å². The molecule has 3 amide bonds. The Morgan fingerprint density at radius 1 is 0.520 bits per heavy atom. The van der Waals surface area contributed by atoms with E-state index in [-0.39, 0.29) is 87.4 Å². The molecule has 47 heteroatoms. The number of methoxy groups -OCH3 is 1. The number of carbonyl (C=O) groups is 5. The summed E-state index contributed by atoms with van der Waals surface area (Å²) in [6.07, 6.45) is -0.381. The molecule has 842 valence electrons. The number of halogens is 3. The molecular formula is C103H156F3N11O31S2. The van der Waals surface area contributed by atoms with Gasteiger partial charge in [-0.05, 0) is 72.7 Å². The van der Waals surface area contributed by atoms with Crippen LogP contribution in [0, 0.1) is 24.0 Å². The van der Waals surface area contributed by atoms with Crippen LogP contribution in [-0.2, 0) is 150 Å². The van der Waals surface area contributed by atoms with Crippen LogP contribution in [-0.4, -0.2) is 472 Å². The molecule has 0 bridgehead atoms. The number of thiazole rings is 1. The Morgan fingerprint density at radius 2 is 0.953 bits per heavy atom. The second-order valence-electron chi connectivity index (χ2n) is 36.4. The fourth-order valence-electron chi connectivity index (χ4n) is 16.1. The summed E-state index contributed by atoms with van der Waals surface area (Å²) in [6, 6.07) is 17.1. The van der Waals surface area contributed by atoms with Gasteiger partial charge in [0.2, 0.25) is 23.5 Å². The highest BCUT2D eigenvalue weighted by Crippen LogP contribution is 2.35. The number of fused-ring (bicyclic) bond motifs is 1. The van der Waals surface area contributed by atoms with Crippen LogP contribution in [0.25, 0.3) is 32.6 Å². The van der Waals surface area contributed by atoms with Gasteiger partial charge in [0.05, 0.1) is 331 Å². The van der Waals surface area contributed by atoms with Crippen molar-refractivity contribution < 1.29 is 159 Å². The first-order valence-corrected chi connectivity index (χ1v) is 53.9. The van der Waals surface area contributed by atoms with Crippen molar-refractivity contribution in [2.24, 2.45) is 5.41 Å². The summed E-state index contributed by atoms with van der Waals surface area (Å²) >= 11 is 1.54. The third-order valence-electron chi connectivity index (χ3n) is 24.2. The summed E-state index contributed by atoms with van der Waals surface area (Å²) in [6.45, 7) is 32.2. The molecule has 0 aliphatic carbocycles. The topological polar surface area (TPSA) is 435 Å². The number of hydrogen-bond donors (Lipinski definition) is 4. The maximum Gasteiger partial charge on any atom is 0.335 e. The molecule has 4 fully saturated rings. The van der Waals surface area contributed by atoms with Gasteiger partial charge in [-0.15, -0.1) is 11.3 Å². The van der Waals surface area contributed by atoms with E-state index in [9.17, 15) is 32.0 Å². The van der Waals surface area contributed by atoms with E-state index in [0.29, 0.717) is 290 Å². The van der Waals surface area contributed by atoms with Crippen molar-refractivity contribution in [3.63, 3.8) is 0 Å². The van der Waals surface area contributed by atoms with Crippen LogP contribution in [0.5, 0.6) is 0 Å². The van der Waals surface area contributed by atoms with Gasteiger partial charge < -0.3 is 139 Å². The van der Waals surface area contributed by atoms with Gasteiger partial charge in [-0.3, -0.25) is 33.7 Å². The van der Waals surface area contributed by atoms with Gasteiger partial charge in [0.15, 0.2) is 11.9 Å². The number of aromatic nitrogens is 3. The maximum absolute atomic E-state index is 16.0. The van der Waals surface area contributed by atoms with Crippen LogP contribution >= 0.6 is 11.3 Å².